The molecule has 2 N–H and O–H groups in total. The molecule has 112 valence electrons. The minimum atomic E-state index is -4.46. The Labute approximate surface area is 126 Å². The number of aliphatic carboxylic acids is 1. The maximum Gasteiger partial charge on any atom is 0.416 e. The lowest BCUT2D eigenvalue weighted by Gasteiger charge is -2.10. The number of nitrogens with zero attached hydrogens (tertiary/aromatic N) is 1. The van der Waals surface area contributed by atoms with E-state index in [1.165, 1.54) is 6.07 Å². The molecule has 0 atom stereocenters. The van der Waals surface area contributed by atoms with Crippen LogP contribution in [0.3, 0.4) is 0 Å². The van der Waals surface area contributed by atoms with Crippen molar-refractivity contribution in [1.82, 2.24) is 4.98 Å². The molecule has 0 aliphatic rings. The van der Waals surface area contributed by atoms with Gasteiger partial charge in [-0.1, -0.05) is 11.6 Å². The van der Waals surface area contributed by atoms with Crippen molar-refractivity contribution in [3.05, 3.63) is 39.9 Å². The van der Waals surface area contributed by atoms with Gasteiger partial charge in [-0.2, -0.15) is 13.2 Å². The average Bonchev–Trinajstić information content (AvgIpc) is 2.77. The van der Waals surface area contributed by atoms with Crippen LogP contribution in [-0.4, -0.2) is 16.1 Å². The van der Waals surface area contributed by atoms with E-state index >= 15 is 0 Å². The molecule has 0 saturated heterocycles. The van der Waals surface area contributed by atoms with Gasteiger partial charge in [-0.05, 0) is 18.2 Å². The van der Waals surface area contributed by atoms with Crippen LogP contribution in [0, 0.1) is 0 Å². The summed E-state index contributed by atoms with van der Waals surface area (Å²) in [5.41, 5.74) is -0.220. The number of hydrogen-bond acceptors (Lipinski definition) is 4. The van der Waals surface area contributed by atoms with Gasteiger partial charge in [0.2, 0.25) is 0 Å². The number of hydrogen-bond donors (Lipinski definition) is 2. The van der Waals surface area contributed by atoms with Gasteiger partial charge in [0.05, 0.1) is 28.4 Å². The van der Waals surface area contributed by atoms with E-state index in [1.807, 2.05) is 0 Å². The van der Waals surface area contributed by atoms with E-state index in [0.29, 0.717) is 10.8 Å². The van der Waals surface area contributed by atoms with Crippen LogP contribution < -0.4 is 5.32 Å². The van der Waals surface area contributed by atoms with Crippen LogP contribution >= 0.6 is 22.9 Å². The summed E-state index contributed by atoms with van der Waals surface area (Å²) in [7, 11) is 0. The molecule has 9 heteroatoms. The largest absolute Gasteiger partial charge is 0.481 e. The normalized spacial score (nSPS) is 11.4. The Morgan fingerprint density at radius 1 is 1.43 bits per heavy atom. The van der Waals surface area contributed by atoms with Crippen LogP contribution in [0.5, 0.6) is 0 Å². The molecular weight excluding hydrogens is 329 g/mol. The van der Waals surface area contributed by atoms with E-state index < -0.39 is 17.7 Å². The fraction of sp³-hybridized carbons (Fsp3) is 0.167. The third-order valence-electron chi connectivity index (χ3n) is 2.42. The van der Waals surface area contributed by atoms with Crippen molar-refractivity contribution in [1.29, 1.82) is 0 Å². The predicted octanol–water partition coefficient (Wildman–Crippen LogP) is 4.19. The molecule has 1 aromatic heterocycles. The molecule has 1 heterocycles. The zero-order valence-electron chi connectivity index (χ0n) is 10.2. The maximum absolute atomic E-state index is 12.5. The lowest BCUT2D eigenvalue weighted by atomic mass is 10.2. The summed E-state index contributed by atoms with van der Waals surface area (Å²) < 4.78 is 37.5. The van der Waals surface area contributed by atoms with Gasteiger partial charge in [-0.25, -0.2) is 4.98 Å². The van der Waals surface area contributed by atoms with Crippen molar-refractivity contribution in [3.8, 4) is 0 Å². The first kappa shape index (κ1) is 15.6. The summed E-state index contributed by atoms with van der Waals surface area (Å²) in [4.78, 5) is 14.5. The number of alkyl halides is 3. The Bertz CT molecular complexity index is 673. The van der Waals surface area contributed by atoms with Crippen LogP contribution in [0.4, 0.5) is 24.0 Å². The van der Waals surface area contributed by atoms with E-state index in [2.05, 4.69) is 10.3 Å². The first-order valence-corrected chi connectivity index (χ1v) is 6.81. The smallest absolute Gasteiger partial charge is 0.416 e. The summed E-state index contributed by atoms with van der Waals surface area (Å²) in [5, 5.41) is 13.2. The molecular formula is C12H8ClF3N2O2S. The SMILES string of the molecule is O=C(O)Cc1csc(Nc2ccc(C(F)(F)F)cc2Cl)n1. The van der Waals surface area contributed by atoms with Crippen LogP contribution in [0.25, 0.3) is 0 Å². The number of nitrogens with one attached hydrogen (secondary N) is 1. The Kier molecular flexibility index (Phi) is 4.38. The van der Waals surface area contributed by atoms with E-state index in [0.717, 1.165) is 23.5 Å². The number of thiazole rings is 1. The van der Waals surface area contributed by atoms with Gasteiger partial charge in [0.15, 0.2) is 5.13 Å². The van der Waals surface area contributed by atoms with Gasteiger partial charge < -0.3 is 10.4 Å². The number of rotatable bonds is 4. The fourth-order valence-electron chi connectivity index (χ4n) is 1.51. The molecule has 2 aromatic rings. The summed E-state index contributed by atoms with van der Waals surface area (Å²) >= 11 is 6.94. The van der Waals surface area contributed by atoms with Crippen molar-refractivity contribution >= 4 is 39.7 Å². The molecule has 0 bridgehead atoms. The second-order valence-electron chi connectivity index (χ2n) is 4.03. The van der Waals surface area contributed by atoms with Gasteiger partial charge >= 0.3 is 12.1 Å². The molecule has 2 rings (SSSR count). The molecule has 0 spiro atoms. The molecule has 4 nitrogen and oxygen atoms in total. The number of carboxylic acid groups (broad SMARTS) is 1. The molecule has 1 aromatic carbocycles. The highest BCUT2D eigenvalue weighted by Crippen LogP contribution is 2.35. The Balaban J connectivity index is 2.16. The third kappa shape index (κ3) is 4.08. The zero-order valence-corrected chi connectivity index (χ0v) is 11.8. The maximum atomic E-state index is 12.5. The molecule has 0 fully saturated rings. The van der Waals surface area contributed by atoms with Gasteiger partial charge in [-0.15, -0.1) is 11.3 Å². The van der Waals surface area contributed by atoms with Gasteiger partial charge in [0.25, 0.3) is 0 Å². The van der Waals surface area contributed by atoms with Crippen molar-refractivity contribution in [2.24, 2.45) is 0 Å². The van der Waals surface area contributed by atoms with Gasteiger partial charge in [0.1, 0.15) is 0 Å². The van der Waals surface area contributed by atoms with Gasteiger partial charge in [0, 0.05) is 5.38 Å². The Hall–Kier alpha value is -1.80. The monoisotopic (exact) mass is 336 g/mol. The van der Waals surface area contributed by atoms with Crippen LogP contribution in [0.15, 0.2) is 23.6 Å². The zero-order chi connectivity index (χ0) is 15.6. The highest BCUT2D eigenvalue weighted by Gasteiger charge is 2.30. The quantitative estimate of drug-likeness (QED) is 0.879. The number of benzene rings is 1. The van der Waals surface area contributed by atoms with E-state index in [9.17, 15) is 18.0 Å². The standard InChI is InChI=1S/C12H8ClF3N2O2S/c13-8-3-6(12(14,15)16)1-2-9(8)18-11-17-7(5-21-11)4-10(19)20/h1-3,5H,4H2,(H,17,18)(H,19,20). The summed E-state index contributed by atoms with van der Waals surface area (Å²) in [6.07, 6.45) is -4.68. The van der Waals surface area contributed by atoms with Crippen LogP contribution in [0.1, 0.15) is 11.3 Å². The Morgan fingerprint density at radius 3 is 2.71 bits per heavy atom. The topological polar surface area (TPSA) is 62.2 Å². The van der Waals surface area contributed by atoms with E-state index in [1.54, 1.807) is 5.38 Å². The Morgan fingerprint density at radius 2 is 2.14 bits per heavy atom. The molecule has 0 radical (unpaired) electrons. The van der Waals surface area contributed by atoms with Crippen molar-refractivity contribution < 1.29 is 23.1 Å². The first-order valence-electron chi connectivity index (χ1n) is 5.55. The third-order valence-corrected chi connectivity index (χ3v) is 3.54. The highest BCUT2D eigenvalue weighted by atomic mass is 35.5. The fourth-order valence-corrected chi connectivity index (χ4v) is 2.46. The predicted molar refractivity (Wildman–Crippen MR) is 73.2 cm³/mol. The van der Waals surface area contributed by atoms with Crippen molar-refractivity contribution in [2.45, 2.75) is 12.6 Å². The number of carbonyl (C=O) groups is 1. The minimum absolute atomic E-state index is 0.0974. The summed E-state index contributed by atoms with van der Waals surface area (Å²) in [5.74, 6) is -1.01. The molecule has 0 aliphatic heterocycles. The first-order chi connectivity index (χ1) is 9.75. The lowest BCUT2D eigenvalue weighted by molar-refractivity contribution is -0.138. The summed E-state index contributed by atoms with van der Waals surface area (Å²) in [6, 6.07) is 2.92. The number of carboxylic acids is 1. The van der Waals surface area contributed by atoms with E-state index in [4.69, 9.17) is 16.7 Å². The number of anilines is 2. The highest BCUT2D eigenvalue weighted by molar-refractivity contribution is 7.13. The number of halogens is 4. The van der Waals surface area contributed by atoms with Gasteiger partial charge in [-0.3, -0.25) is 4.79 Å². The molecule has 0 aliphatic carbocycles. The molecule has 0 amide bonds. The second kappa shape index (κ2) is 5.90. The lowest BCUT2D eigenvalue weighted by Crippen LogP contribution is -2.05. The second-order valence-corrected chi connectivity index (χ2v) is 5.30. The summed E-state index contributed by atoms with van der Waals surface area (Å²) in [6.45, 7) is 0. The van der Waals surface area contributed by atoms with Crippen LogP contribution in [-0.2, 0) is 17.4 Å². The molecule has 0 saturated carbocycles. The average molecular weight is 337 g/mol. The van der Waals surface area contributed by atoms with Crippen LogP contribution in [0.2, 0.25) is 5.02 Å². The van der Waals surface area contributed by atoms with Crippen molar-refractivity contribution in [3.63, 3.8) is 0 Å². The van der Waals surface area contributed by atoms with E-state index in [-0.39, 0.29) is 17.1 Å². The molecule has 0 unspecified atom stereocenters. The molecule has 21 heavy (non-hydrogen) atoms. The van der Waals surface area contributed by atoms with Crippen molar-refractivity contribution in [2.75, 3.05) is 5.32 Å². The minimum Gasteiger partial charge on any atom is -0.481 e. The number of aromatic nitrogens is 1.